The van der Waals surface area contributed by atoms with E-state index >= 15 is 0 Å². The molecular formula is C13H18ClN. The molecular weight excluding hydrogens is 206 g/mol. The van der Waals surface area contributed by atoms with Crippen LogP contribution in [-0.4, -0.2) is 24.0 Å². The Bertz CT molecular complexity index is 278. The molecule has 1 aliphatic rings. The van der Waals surface area contributed by atoms with Crippen LogP contribution in [0.4, 0.5) is 0 Å². The Labute approximate surface area is 97.0 Å². The number of likely N-dealkylation sites (tertiary alicyclic amines) is 1. The molecule has 0 saturated carbocycles. The quantitative estimate of drug-likeness (QED) is 0.562. The van der Waals surface area contributed by atoms with Crippen LogP contribution in [0, 0.1) is 5.92 Å². The molecule has 2 heteroatoms. The zero-order valence-corrected chi connectivity index (χ0v) is 9.79. The van der Waals surface area contributed by atoms with Gasteiger partial charge in [-0.25, -0.2) is 0 Å². The molecule has 0 aromatic heterocycles. The monoisotopic (exact) mass is 223 g/mol. The number of nitrogens with zero attached hydrogens (tertiary/aromatic N) is 1. The van der Waals surface area contributed by atoms with E-state index in [0.29, 0.717) is 6.00 Å². The molecule has 0 unspecified atom stereocenters. The van der Waals surface area contributed by atoms with Crippen LogP contribution < -0.4 is 0 Å². The summed E-state index contributed by atoms with van der Waals surface area (Å²) in [5.74, 6) is 0.854. The molecule has 1 aromatic carbocycles. The largest absolute Gasteiger partial charge is 0.290 e. The van der Waals surface area contributed by atoms with Crippen LogP contribution in [0.3, 0.4) is 0 Å². The lowest BCUT2D eigenvalue weighted by Crippen LogP contribution is -2.33. The smallest absolute Gasteiger partial charge is 0.0738 e. The van der Waals surface area contributed by atoms with E-state index in [-0.39, 0.29) is 0 Å². The minimum Gasteiger partial charge on any atom is -0.290 e. The van der Waals surface area contributed by atoms with Crippen LogP contribution in [0.15, 0.2) is 30.3 Å². The van der Waals surface area contributed by atoms with E-state index in [1.165, 1.54) is 37.9 Å². The summed E-state index contributed by atoms with van der Waals surface area (Å²) in [5, 5.41) is 0. The van der Waals surface area contributed by atoms with E-state index in [0.717, 1.165) is 5.92 Å². The highest BCUT2D eigenvalue weighted by Crippen LogP contribution is 2.21. The third-order valence-corrected chi connectivity index (χ3v) is 3.58. The number of benzene rings is 1. The van der Waals surface area contributed by atoms with Crippen molar-refractivity contribution in [3.8, 4) is 0 Å². The van der Waals surface area contributed by atoms with Gasteiger partial charge in [-0.2, -0.15) is 0 Å². The van der Waals surface area contributed by atoms with Crippen molar-refractivity contribution in [2.75, 3.05) is 19.1 Å². The second-order valence-electron chi connectivity index (χ2n) is 4.37. The van der Waals surface area contributed by atoms with E-state index < -0.39 is 0 Å². The first-order valence-electron chi connectivity index (χ1n) is 5.70. The van der Waals surface area contributed by atoms with Gasteiger partial charge in [0, 0.05) is 0 Å². The van der Waals surface area contributed by atoms with Crippen molar-refractivity contribution in [2.24, 2.45) is 5.92 Å². The number of alkyl halides is 1. The Morgan fingerprint density at radius 2 is 1.80 bits per heavy atom. The number of hydrogen-bond acceptors (Lipinski definition) is 1. The van der Waals surface area contributed by atoms with Gasteiger partial charge in [-0.3, -0.25) is 4.90 Å². The van der Waals surface area contributed by atoms with Crippen molar-refractivity contribution in [2.45, 2.75) is 19.3 Å². The highest BCUT2D eigenvalue weighted by Gasteiger charge is 2.18. The molecule has 0 N–H and O–H groups in total. The highest BCUT2D eigenvalue weighted by molar-refractivity contribution is 6.17. The molecule has 1 saturated heterocycles. The summed E-state index contributed by atoms with van der Waals surface area (Å²) in [4.78, 5) is 2.32. The Hall–Kier alpha value is -0.530. The Morgan fingerprint density at radius 1 is 1.13 bits per heavy atom. The Morgan fingerprint density at radius 3 is 2.40 bits per heavy atom. The lowest BCUT2D eigenvalue weighted by molar-refractivity contribution is 0.209. The first-order valence-corrected chi connectivity index (χ1v) is 6.24. The molecule has 0 bridgehead atoms. The van der Waals surface area contributed by atoms with Crippen LogP contribution in [0.25, 0.3) is 0 Å². The maximum Gasteiger partial charge on any atom is 0.0738 e. The fourth-order valence-electron chi connectivity index (χ4n) is 2.26. The third-order valence-electron chi connectivity index (χ3n) is 3.24. The van der Waals surface area contributed by atoms with Gasteiger partial charge in [-0.05, 0) is 43.8 Å². The number of halogens is 1. The maximum atomic E-state index is 5.81. The first-order chi connectivity index (χ1) is 7.38. The Balaban J connectivity index is 1.82. The minimum absolute atomic E-state index is 0.693. The lowest BCUT2D eigenvalue weighted by atomic mass is 9.90. The van der Waals surface area contributed by atoms with Crippen LogP contribution in [-0.2, 0) is 6.42 Å². The van der Waals surface area contributed by atoms with Crippen LogP contribution in [0.1, 0.15) is 18.4 Å². The highest BCUT2D eigenvalue weighted by atomic mass is 35.5. The molecule has 1 nitrogen and oxygen atoms in total. The van der Waals surface area contributed by atoms with E-state index in [4.69, 9.17) is 11.6 Å². The maximum absolute atomic E-state index is 5.81. The topological polar surface area (TPSA) is 3.24 Å². The predicted molar refractivity (Wildman–Crippen MR) is 65.2 cm³/mol. The van der Waals surface area contributed by atoms with Gasteiger partial charge in [0.25, 0.3) is 0 Å². The van der Waals surface area contributed by atoms with E-state index in [1.54, 1.807) is 0 Å². The predicted octanol–water partition coefficient (Wildman–Crippen LogP) is 3.14. The minimum atomic E-state index is 0.693. The third kappa shape index (κ3) is 3.22. The molecule has 1 aromatic rings. The molecule has 0 spiro atoms. The van der Waals surface area contributed by atoms with Crippen molar-refractivity contribution in [1.29, 1.82) is 0 Å². The van der Waals surface area contributed by atoms with E-state index in [2.05, 4.69) is 35.2 Å². The van der Waals surface area contributed by atoms with Gasteiger partial charge >= 0.3 is 0 Å². The lowest BCUT2D eigenvalue weighted by Gasteiger charge is -2.30. The Kier molecular flexibility index (Phi) is 4.04. The molecule has 0 radical (unpaired) electrons. The summed E-state index contributed by atoms with van der Waals surface area (Å²) in [6.07, 6.45) is 3.82. The molecule has 0 aliphatic carbocycles. The number of hydrogen-bond donors (Lipinski definition) is 0. The zero-order chi connectivity index (χ0) is 10.5. The summed E-state index contributed by atoms with van der Waals surface area (Å²) in [6, 6.07) is 11.5. The van der Waals surface area contributed by atoms with Crippen LogP contribution in [0.2, 0.25) is 0 Å². The van der Waals surface area contributed by atoms with Crippen LogP contribution in [0.5, 0.6) is 0 Å². The van der Waals surface area contributed by atoms with Crippen molar-refractivity contribution in [3.05, 3.63) is 35.9 Å². The fourth-order valence-corrected chi connectivity index (χ4v) is 2.50. The standard InChI is InChI=1S/C13H18ClN/c14-11-15-8-6-13(7-9-15)10-12-4-2-1-3-5-12/h1-5,13H,6-11H2. The molecule has 82 valence electrons. The van der Waals surface area contributed by atoms with Crippen molar-refractivity contribution in [1.82, 2.24) is 4.90 Å². The molecule has 1 heterocycles. The molecule has 0 atom stereocenters. The molecule has 1 fully saturated rings. The van der Waals surface area contributed by atoms with Gasteiger partial charge in [-0.15, -0.1) is 11.6 Å². The van der Waals surface area contributed by atoms with Gasteiger partial charge < -0.3 is 0 Å². The summed E-state index contributed by atoms with van der Waals surface area (Å²) in [5.41, 5.74) is 1.47. The van der Waals surface area contributed by atoms with Crippen molar-refractivity contribution >= 4 is 11.6 Å². The van der Waals surface area contributed by atoms with Gasteiger partial charge in [0.2, 0.25) is 0 Å². The average molecular weight is 224 g/mol. The molecule has 0 amide bonds. The first kappa shape index (κ1) is 11.0. The van der Waals surface area contributed by atoms with E-state index in [9.17, 15) is 0 Å². The SMILES string of the molecule is ClCN1CCC(Cc2ccccc2)CC1. The van der Waals surface area contributed by atoms with Gasteiger partial charge in [0.15, 0.2) is 0 Å². The van der Waals surface area contributed by atoms with Crippen molar-refractivity contribution in [3.63, 3.8) is 0 Å². The van der Waals surface area contributed by atoms with Crippen LogP contribution >= 0.6 is 11.6 Å². The molecule has 2 rings (SSSR count). The summed E-state index contributed by atoms with van der Waals surface area (Å²) >= 11 is 5.81. The number of piperidine rings is 1. The second-order valence-corrected chi connectivity index (χ2v) is 4.61. The number of rotatable bonds is 3. The zero-order valence-electron chi connectivity index (χ0n) is 9.03. The van der Waals surface area contributed by atoms with Gasteiger partial charge in [-0.1, -0.05) is 30.3 Å². The molecule has 1 aliphatic heterocycles. The average Bonchev–Trinajstić information content (AvgIpc) is 2.31. The fraction of sp³-hybridized carbons (Fsp3) is 0.538. The summed E-state index contributed by atoms with van der Waals surface area (Å²) in [6.45, 7) is 2.34. The normalized spacial score (nSPS) is 19.3. The second kappa shape index (κ2) is 5.53. The van der Waals surface area contributed by atoms with Gasteiger partial charge in [0.1, 0.15) is 0 Å². The summed E-state index contributed by atoms with van der Waals surface area (Å²) in [7, 11) is 0. The van der Waals surface area contributed by atoms with Crippen molar-refractivity contribution < 1.29 is 0 Å². The molecule has 15 heavy (non-hydrogen) atoms. The summed E-state index contributed by atoms with van der Waals surface area (Å²) < 4.78 is 0. The van der Waals surface area contributed by atoms with Gasteiger partial charge in [0.05, 0.1) is 6.00 Å². The van der Waals surface area contributed by atoms with E-state index in [1.807, 2.05) is 0 Å².